The second-order valence-corrected chi connectivity index (χ2v) is 7.79. The maximum atomic E-state index is 12.9. The molecule has 0 saturated carbocycles. The number of hydrogen-bond donors (Lipinski definition) is 1. The van der Waals surface area contributed by atoms with E-state index in [1.54, 1.807) is 30.3 Å². The van der Waals surface area contributed by atoms with Crippen molar-refractivity contribution in [2.45, 2.75) is 6.61 Å². The molecular formula is C23H16BrN3O5. The molecule has 9 heteroatoms. The first kappa shape index (κ1) is 21.3. The summed E-state index contributed by atoms with van der Waals surface area (Å²) in [5, 5.41) is 12.4. The molecule has 1 aliphatic rings. The van der Waals surface area contributed by atoms with Crippen LogP contribution in [0.4, 0.5) is 11.4 Å². The fourth-order valence-electron chi connectivity index (χ4n) is 3.11. The van der Waals surface area contributed by atoms with Gasteiger partial charge in [-0.25, -0.2) is 5.01 Å². The van der Waals surface area contributed by atoms with Gasteiger partial charge in [0.15, 0.2) is 0 Å². The van der Waals surface area contributed by atoms with Crippen LogP contribution in [0.2, 0.25) is 0 Å². The predicted molar refractivity (Wildman–Crippen MR) is 122 cm³/mol. The Kier molecular flexibility index (Phi) is 6.00. The smallest absolute Gasteiger partial charge is 0.282 e. The lowest BCUT2D eigenvalue weighted by molar-refractivity contribution is -0.384. The van der Waals surface area contributed by atoms with Gasteiger partial charge in [0.05, 0.1) is 10.6 Å². The molecule has 0 unspecified atom stereocenters. The molecule has 4 rings (SSSR count). The largest absolute Gasteiger partial charge is 0.488 e. The zero-order valence-electron chi connectivity index (χ0n) is 16.5. The van der Waals surface area contributed by atoms with E-state index in [1.165, 1.54) is 24.3 Å². The van der Waals surface area contributed by atoms with Crippen molar-refractivity contribution >= 4 is 45.2 Å². The highest BCUT2D eigenvalue weighted by Gasteiger charge is 2.34. The van der Waals surface area contributed by atoms with Crippen molar-refractivity contribution in [3.05, 3.63) is 104 Å². The molecular weight excluding hydrogens is 478 g/mol. The average molecular weight is 494 g/mol. The summed E-state index contributed by atoms with van der Waals surface area (Å²) in [7, 11) is 0. The number of nitro groups is 1. The lowest BCUT2D eigenvalue weighted by Crippen LogP contribution is -2.35. The highest BCUT2D eigenvalue weighted by molar-refractivity contribution is 9.10. The molecule has 1 heterocycles. The van der Waals surface area contributed by atoms with Crippen molar-refractivity contribution in [2.24, 2.45) is 0 Å². The van der Waals surface area contributed by atoms with Crippen LogP contribution in [0.5, 0.6) is 5.75 Å². The van der Waals surface area contributed by atoms with E-state index in [2.05, 4.69) is 21.4 Å². The molecule has 1 saturated heterocycles. The van der Waals surface area contributed by atoms with E-state index >= 15 is 0 Å². The van der Waals surface area contributed by atoms with Gasteiger partial charge in [0, 0.05) is 22.2 Å². The van der Waals surface area contributed by atoms with Crippen molar-refractivity contribution in [1.29, 1.82) is 0 Å². The number of ether oxygens (including phenoxy) is 1. The van der Waals surface area contributed by atoms with Crippen LogP contribution in [0, 0.1) is 10.1 Å². The highest BCUT2D eigenvalue weighted by Crippen LogP contribution is 2.29. The number of carbonyl (C=O) groups excluding carboxylic acids is 2. The normalized spacial score (nSPS) is 14.5. The number of nitrogens with zero attached hydrogens (tertiary/aromatic N) is 2. The van der Waals surface area contributed by atoms with Crippen LogP contribution in [-0.2, 0) is 16.2 Å². The van der Waals surface area contributed by atoms with Crippen LogP contribution in [0.15, 0.2) is 82.8 Å². The molecule has 1 N–H and O–H groups in total. The van der Waals surface area contributed by atoms with E-state index in [-0.39, 0.29) is 23.4 Å². The molecule has 1 fully saturated rings. The fourth-order valence-corrected chi connectivity index (χ4v) is 3.37. The minimum absolute atomic E-state index is 0.150. The Bertz CT molecular complexity index is 1230. The minimum atomic E-state index is -0.607. The number of rotatable bonds is 6. The van der Waals surface area contributed by atoms with Gasteiger partial charge in [-0.2, -0.15) is 0 Å². The topological polar surface area (TPSA) is 102 Å². The van der Waals surface area contributed by atoms with Crippen LogP contribution < -0.4 is 15.2 Å². The van der Waals surface area contributed by atoms with E-state index in [9.17, 15) is 19.7 Å². The summed E-state index contributed by atoms with van der Waals surface area (Å²) < 4.78 is 6.78. The van der Waals surface area contributed by atoms with E-state index in [4.69, 9.17) is 4.74 Å². The zero-order valence-corrected chi connectivity index (χ0v) is 18.1. The summed E-state index contributed by atoms with van der Waals surface area (Å²) in [6.45, 7) is 0.206. The number of nitro benzene ring substituents is 1. The van der Waals surface area contributed by atoms with Gasteiger partial charge in [-0.15, -0.1) is 0 Å². The van der Waals surface area contributed by atoms with Crippen LogP contribution in [-0.4, -0.2) is 16.7 Å². The van der Waals surface area contributed by atoms with Crippen molar-refractivity contribution < 1.29 is 19.2 Å². The number of halogens is 1. The number of hydrogen-bond acceptors (Lipinski definition) is 5. The minimum Gasteiger partial charge on any atom is -0.488 e. The van der Waals surface area contributed by atoms with Crippen molar-refractivity contribution in [1.82, 2.24) is 5.43 Å². The maximum absolute atomic E-state index is 12.9. The molecule has 0 atom stereocenters. The van der Waals surface area contributed by atoms with Gasteiger partial charge in [-0.3, -0.25) is 25.1 Å². The van der Waals surface area contributed by atoms with Crippen molar-refractivity contribution in [2.75, 3.05) is 5.01 Å². The Morgan fingerprint density at radius 1 is 1.03 bits per heavy atom. The molecule has 32 heavy (non-hydrogen) atoms. The number of anilines is 1. The van der Waals surface area contributed by atoms with Crippen LogP contribution in [0.1, 0.15) is 11.1 Å². The van der Waals surface area contributed by atoms with Crippen LogP contribution in [0.3, 0.4) is 0 Å². The SMILES string of the molecule is O=C1NN(c2ccccc2)C(=O)/C1=C\c1cc([N+](=O)[O-])ccc1OCc1ccc(Br)cc1. The van der Waals surface area contributed by atoms with E-state index < -0.39 is 16.7 Å². The Balaban J connectivity index is 1.66. The molecule has 0 radical (unpaired) electrons. The fraction of sp³-hybridized carbons (Fsp3) is 0.0435. The molecule has 8 nitrogen and oxygen atoms in total. The van der Waals surface area contributed by atoms with Crippen LogP contribution >= 0.6 is 15.9 Å². The summed E-state index contributed by atoms with van der Waals surface area (Å²) in [5.74, 6) is -0.861. The van der Waals surface area contributed by atoms with E-state index in [1.807, 2.05) is 24.3 Å². The number of para-hydroxylation sites is 1. The van der Waals surface area contributed by atoms with Crippen molar-refractivity contribution in [3.8, 4) is 5.75 Å². The highest BCUT2D eigenvalue weighted by atomic mass is 79.9. The van der Waals surface area contributed by atoms with Gasteiger partial charge in [0.25, 0.3) is 17.5 Å². The summed E-state index contributed by atoms with van der Waals surface area (Å²) >= 11 is 3.37. The summed E-state index contributed by atoms with van der Waals surface area (Å²) in [6, 6.07) is 20.2. The first-order valence-corrected chi connectivity index (χ1v) is 10.3. The van der Waals surface area contributed by atoms with Crippen LogP contribution in [0.25, 0.3) is 6.08 Å². The number of carbonyl (C=O) groups is 2. The molecule has 0 spiro atoms. The first-order chi connectivity index (χ1) is 15.4. The van der Waals surface area contributed by atoms with E-state index in [0.717, 1.165) is 15.0 Å². The first-order valence-electron chi connectivity index (χ1n) is 9.50. The summed E-state index contributed by atoms with van der Waals surface area (Å²) in [4.78, 5) is 36.1. The number of hydrazine groups is 1. The van der Waals surface area contributed by atoms with Gasteiger partial charge in [0.2, 0.25) is 0 Å². The van der Waals surface area contributed by atoms with Crippen molar-refractivity contribution in [3.63, 3.8) is 0 Å². The lowest BCUT2D eigenvalue weighted by Gasteiger charge is -2.14. The summed E-state index contributed by atoms with van der Waals surface area (Å²) in [5.41, 5.74) is 3.81. The third-order valence-electron chi connectivity index (χ3n) is 4.72. The molecule has 160 valence electrons. The number of benzene rings is 3. The molecule has 3 aromatic rings. The van der Waals surface area contributed by atoms with Gasteiger partial charge < -0.3 is 4.74 Å². The number of amides is 2. The van der Waals surface area contributed by atoms with Gasteiger partial charge in [0.1, 0.15) is 17.9 Å². The molecule has 0 aromatic heterocycles. The van der Waals surface area contributed by atoms with E-state index in [0.29, 0.717) is 11.4 Å². The maximum Gasteiger partial charge on any atom is 0.282 e. The Morgan fingerprint density at radius 2 is 1.75 bits per heavy atom. The predicted octanol–water partition coefficient (Wildman–Crippen LogP) is 4.40. The zero-order chi connectivity index (χ0) is 22.7. The second kappa shape index (κ2) is 9.03. The lowest BCUT2D eigenvalue weighted by atomic mass is 10.1. The Morgan fingerprint density at radius 3 is 2.44 bits per heavy atom. The third kappa shape index (κ3) is 4.52. The monoisotopic (exact) mass is 493 g/mol. The second-order valence-electron chi connectivity index (χ2n) is 6.87. The molecule has 2 amide bonds. The quantitative estimate of drug-likeness (QED) is 0.237. The van der Waals surface area contributed by atoms with Gasteiger partial charge in [-0.05, 0) is 42.0 Å². The summed E-state index contributed by atoms with van der Waals surface area (Å²) in [6.07, 6.45) is 1.31. The third-order valence-corrected chi connectivity index (χ3v) is 5.25. The van der Waals surface area contributed by atoms with Gasteiger partial charge in [-0.1, -0.05) is 46.3 Å². The standard InChI is InChI=1S/C23H16BrN3O5/c24-17-8-6-15(7-9-17)14-32-21-11-10-19(27(30)31)12-16(21)13-20-22(28)25-26(23(20)29)18-4-2-1-3-5-18/h1-13H,14H2,(H,25,28)/b20-13-. The Hall–Kier alpha value is -3.98. The average Bonchev–Trinajstić information content (AvgIpc) is 3.08. The molecule has 0 bridgehead atoms. The number of nitrogens with one attached hydrogen (secondary N) is 1. The molecule has 0 aliphatic carbocycles. The molecule has 1 aliphatic heterocycles. The number of non-ortho nitro benzene ring substituents is 1. The van der Waals surface area contributed by atoms with Gasteiger partial charge >= 0.3 is 0 Å². The molecule has 3 aromatic carbocycles. The Labute approximate surface area is 191 Å².